The lowest BCUT2D eigenvalue weighted by Gasteiger charge is -2.16. The third kappa shape index (κ3) is 3.36. The Hall–Kier alpha value is -3.84. The number of benzene rings is 2. The summed E-state index contributed by atoms with van der Waals surface area (Å²) in [6.07, 6.45) is 3.12. The predicted octanol–water partition coefficient (Wildman–Crippen LogP) is 4.25. The Kier molecular flexibility index (Phi) is 5.03. The minimum absolute atomic E-state index is 0.0130. The number of hydrogen-bond acceptors (Lipinski definition) is 4. The Labute approximate surface area is 187 Å². The van der Waals surface area contributed by atoms with Crippen LogP contribution in [0.15, 0.2) is 93.3 Å². The molecule has 0 radical (unpaired) electrons. The first-order valence-electron chi connectivity index (χ1n) is 10.1. The van der Waals surface area contributed by atoms with E-state index in [0.717, 1.165) is 5.56 Å². The predicted molar refractivity (Wildman–Crippen MR) is 123 cm³/mol. The van der Waals surface area contributed by atoms with Crippen LogP contribution in [0.4, 0.5) is 0 Å². The summed E-state index contributed by atoms with van der Waals surface area (Å²) in [5.74, 6) is 0.508. The van der Waals surface area contributed by atoms with E-state index in [4.69, 9.17) is 16.0 Å². The van der Waals surface area contributed by atoms with Crippen LogP contribution < -0.4 is 11.2 Å². The van der Waals surface area contributed by atoms with Gasteiger partial charge in [-0.2, -0.15) is 0 Å². The van der Waals surface area contributed by atoms with E-state index in [2.05, 4.69) is 4.98 Å². The molecule has 0 aliphatic carbocycles. The molecule has 0 saturated carbocycles. The summed E-state index contributed by atoms with van der Waals surface area (Å²) >= 11 is 6.05. The summed E-state index contributed by atoms with van der Waals surface area (Å²) in [4.78, 5) is 31.5. The first-order chi connectivity index (χ1) is 15.5. The number of imidazole rings is 1. The van der Waals surface area contributed by atoms with Gasteiger partial charge in [-0.15, -0.1) is 0 Å². The molecule has 1 atom stereocenters. The van der Waals surface area contributed by atoms with E-state index < -0.39 is 11.2 Å². The van der Waals surface area contributed by atoms with Gasteiger partial charge in [0.1, 0.15) is 5.76 Å². The van der Waals surface area contributed by atoms with Crippen molar-refractivity contribution in [3.05, 3.63) is 117 Å². The standard InChI is InChI=1S/C24H19ClN4O3/c1-16(17-6-3-2-4-7-17)28-15-26-22-21(28)23(30)27(14-20-8-5-13-32-20)24(31)29(22)19-11-9-18(25)10-12-19/h2-13,15-16H,14H2,1H3. The van der Waals surface area contributed by atoms with Crippen LogP contribution in [0.2, 0.25) is 5.02 Å². The zero-order valence-electron chi connectivity index (χ0n) is 17.2. The first-order valence-corrected chi connectivity index (χ1v) is 10.5. The first kappa shape index (κ1) is 20.1. The molecule has 3 heterocycles. The maximum absolute atomic E-state index is 13.6. The lowest BCUT2D eigenvalue weighted by Crippen LogP contribution is -2.40. The second-order valence-corrected chi connectivity index (χ2v) is 7.91. The zero-order valence-corrected chi connectivity index (χ0v) is 17.9. The molecule has 0 amide bonds. The molecule has 5 rings (SSSR count). The van der Waals surface area contributed by atoms with Crippen molar-refractivity contribution in [1.29, 1.82) is 0 Å². The van der Waals surface area contributed by atoms with Crippen molar-refractivity contribution in [3.8, 4) is 5.69 Å². The van der Waals surface area contributed by atoms with Crippen molar-refractivity contribution < 1.29 is 4.42 Å². The minimum Gasteiger partial charge on any atom is -0.467 e. The molecule has 160 valence electrons. The van der Waals surface area contributed by atoms with Gasteiger partial charge < -0.3 is 8.98 Å². The zero-order chi connectivity index (χ0) is 22.2. The van der Waals surface area contributed by atoms with E-state index >= 15 is 0 Å². The molecule has 7 nitrogen and oxygen atoms in total. The van der Waals surface area contributed by atoms with Gasteiger partial charge in [0.15, 0.2) is 11.2 Å². The highest BCUT2D eigenvalue weighted by molar-refractivity contribution is 6.30. The molecule has 0 aliphatic rings. The fourth-order valence-electron chi connectivity index (χ4n) is 3.85. The van der Waals surface area contributed by atoms with Gasteiger partial charge in [0.05, 0.1) is 30.9 Å². The third-order valence-corrected chi connectivity index (χ3v) is 5.79. The van der Waals surface area contributed by atoms with Gasteiger partial charge in [-0.05, 0) is 48.9 Å². The molecule has 0 N–H and O–H groups in total. The molecule has 0 aliphatic heterocycles. The minimum atomic E-state index is -0.501. The van der Waals surface area contributed by atoms with Gasteiger partial charge in [0.2, 0.25) is 0 Å². The fraction of sp³-hybridized carbons (Fsp3) is 0.125. The van der Waals surface area contributed by atoms with Crippen LogP contribution in [0.5, 0.6) is 0 Å². The van der Waals surface area contributed by atoms with E-state index in [0.29, 0.717) is 27.6 Å². The van der Waals surface area contributed by atoms with E-state index in [1.54, 1.807) is 47.3 Å². The van der Waals surface area contributed by atoms with Gasteiger partial charge in [-0.3, -0.25) is 9.36 Å². The fourth-order valence-corrected chi connectivity index (χ4v) is 3.98. The second kappa shape index (κ2) is 8.01. The summed E-state index contributed by atoms with van der Waals surface area (Å²) in [6, 6.07) is 20.0. The Balaban J connectivity index is 1.80. The number of halogens is 1. The molecule has 32 heavy (non-hydrogen) atoms. The van der Waals surface area contributed by atoms with Crippen molar-refractivity contribution in [2.24, 2.45) is 0 Å². The van der Waals surface area contributed by atoms with Crippen molar-refractivity contribution in [1.82, 2.24) is 18.7 Å². The van der Waals surface area contributed by atoms with E-state index in [1.165, 1.54) is 15.4 Å². The highest BCUT2D eigenvalue weighted by Crippen LogP contribution is 2.23. The topological polar surface area (TPSA) is 75.0 Å². The molecule has 0 saturated heterocycles. The van der Waals surface area contributed by atoms with Crippen LogP contribution in [-0.4, -0.2) is 18.7 Å². The molecular weight excluding hydrogens is 428 g/mol. The largest absolute Gasteiger partial charge is 0.467 e. The van der Waals surface area contributed by atoms with Gasteiger partial charge in [0, 0.05) is 5.02 Å². The average Bonchev–Trinajstić information content (AvgIpc) is 3.48. The number of nitrogens with zero attached hydrogens (tertiary/aromatic N) is 4. The van der Waals surface area contributed by atoms with Crippen molar-refractivity contribution in [2.75, 3.05) is 0 Å². The molecular formula is C24H19ClN4O3. The molecule has 5 aromatic rings. The van der Waals surface area contributed by atoms with Crippen molar-refractivity contribution >= 4 is 22.8 Å². The average molecular weight is 447 g/mol. The van der Waals surface area contributed by atoms with Crippen molar-refractivity contribution in [2.45, 2.75) is 19.5 Å². The number of rotatable bonds is 5. The van der Waals surface area contributed by atoms with Crippen LogP contribution in [0.25, 0.3) is 16.9 Å². The van der Waals surface area contributed by atoms with Crippen LogP contribution in [0, 0.1) is 0 Å². The van der Waals surface area contributed by atoms with Crippen molar-refractivity contribution in [3.63, 3.8) is 0 Å². The van der Waals surface area contributed by atoms with Crippen LogP contribution in [0.1, 0.15) is 24.3 Å². The monoisotopic (exact) mass is 446 g/mol. The quantitative estimate of drug-likeness (QED) is 0.404. The molecule has 8 heteroatoms. The highest BCUT2D eigenvalue weighted by atomic mass is 35.5. The Bertz CT molecular complexity index is 1500. The maximum atomic E-state index is 13.6. The normalized spacial score (nSPS) is 12.3. The summed E-state index contributed by atoms with van der Waals surface area (Å²) in [5, 5.41) is 0.546. The molecule has 0 fully saturated rings. The van der Waals surface area contributed by atoms with Gasteiger partial charge in [-0.25, -0.2) is 14.3 Å². The number of aromatic nitrogens is 4. The van der Waals surface area contributed by atoms with Crippen LogP contribution >= 0.6 is 11.6 Å². The van der Waals surface area contributed by atoms with Gasteiger partial charge >= 0.3 is 5.69 Å². The van der Waals surface area contributed by atoms with E-state index in [9.17, 15) is 9.59 Å². The lowest BCUT2D eigenvalue weighted by atomic mass is 10.1. The summed E-state index contributed by atoms with van der Waals surface area (Å²) in [5.41, 5.74) is 1.29. The number of furan rings is 1. The molecule has 1 unspecified atom stereocenters. The Morgan fingerprint density at radius 1 is 1.00 bits per heavy atom. The van der Waals surface area contributed by atoms with E-state index in [-0.39, 0.29) is 12.6 Å². The Morgan fingerprint density at radius 2 is 1.75 bits per heavy atom. The number of fused-ring (bicyclic) bond motifs is 1. The highest BCUT2D eigenvalue weighted by Gasteiger charge is 2.22. The van der Waals surface area contributed by atoms with Gasteiger partial charge in [0.25, 0.3) is 5.56 Å². The number of hydrogen-bond donors (Lipinski definition) is 0. The third-order valence-electron chi connectivity index (χ3n) is 5.53. The molecule has 2 aromatic carbocycles. The van der Waals surface area contributed by atoms with Gasteiger partial charge in [-0.1, -0.05) is 41.9 Å². The molecule has 0 spiro atoms. The van der Waals surface area contributed by atoms with Crippen LogP contribution in [-0.2, 0) is 6.54 Å². The Morgan fingerprint density at radius 3 is 2.44 bits per heavy atom. The molecule has 0 bridgehead atoms. The summed E-state index contributed by atoms with van der Waals surface area (Å²) < 4.78 is 9.81. The summed E-state index contributed by atoms with van der Waals surface area (Å²) in [6.45, 7) is 2.00. The molecule has 3 aromatic heterocycles. The van der Waals surface area contributed by atoms with Crippen LogP contribution in [0.3, 0.4) is 0 Å². The van der Waals surface area contributed by atoms with E-state index in [1.807, 2.05) is 37.3 Å². The lowest BCUT2D eigenvalue weighted by molar-refractivity contribution is 0.482. The second-order valence-electron chi connectivity index (χ2n) is 7.48. The summed E-state index contributed by atoms with van der Waals surface area (Å²) in [7, 11) is 0. The maximum Gasteiger partial charge on any atom is 0.337 e. The SMILES string of the molecule is CC(c1ccccc1)n1cnc2c1c(=O)n(Cc1ccco1)c(=O)n2-c1ccc(Cl)cc1. The smallest absolute Gasteiger partial charge is 0.337 e.